The summed E-state index contributed by atoms with van der Waals surface area (Å²) in [5.74, 6) is 5.38. The Morgan fingerprint density at radius 2 is 2.32 bits per heavy atom. The number of anilines is 1. The Labute approximate surface area is 114 Å². The zero-order valence-corrected chi connectivity index (χ0v) is 11.4. The second-order valence-electron chi connectivity index (χ2n) is 4.67. The summed E-state index contributed by atoms with van der Waals surface area (Å²) in [4.78, 5) is 6.07. The second kappa shape index (κ2) is 7.10. The smallest absolute Gasteiger partial charge is 0.228 e. The van der Waals surface area contributed by atoms with Gasteiger partial charge in [0.05, 0.1) is 17.4 Å². The number of unbranched alkanes of at least 4 members (excludes halogenated alkanes) is 1. The molecule has 1 saturated heterocycles. The van der Waals surface area contributed by atoms with Crippen LogP contribution in [-0.4, -0.2) is 31.2 Å². The van der Waals surface area contributed by atoms with Crippen molar-refractivity contribution in [3.8, 4) is 11.8 Å². The third-order valence-electron chi connectivity index (χ3n) is 3.13. The van der Waals surface area contributed by atoms with Gasteiger partial charge in [0.2, 0.25) is 5.95 Å². The zero-order chi connectivity index (χ0) is 13.5. The molecule has 19 heavy (non-hydrogen) atoms. The highest BCUT2D eigenvalue weighted by atomic mass is 19.1. The molecule has 1 aromatic rings. The third kappa shape index (κ3) is 3.93. The lowest BCUT2D eigenvalue weighted by Crippen LogP contribution is -2.28. The molecule has 0 unspecified atom stereocenters. The number of hydrogen-bond acceptors (Lipinski definition) is 3. The topological polar surface area (TPSA) is 28.2 Å². The Bertz CT molecular complexity index is 468. The van der Waals surface area contributed by atoms with Gasteiger partial charge in [-0.3, -0.25) is 0 Å². The van der Waals surface area contributed by atoms with Crippen LogP contribution in [-0.2, 0) is 0 Å². The molecule has 0 atom stereocenters. The van der Waals surface area contributed by atoms with E-state index in [0.29, 0.717) is 5.56 Å². The van der Waals surface area contributed by atoms with Crippen molar-refractivity contribution in [3.05, 3.63) is 23.8 Å². The van der Waals surface area contributed by atoms with E-state index in [0.717, 1.165) is 51.1 Å². The average Bonchev–Trinajstić information content (AvgIpc) is 2.70. The molecule has 0 aromatic carbocycles. The van der Waals surface area contributed by atoms with Gasteiger partial charge in [-0.1, -0.05) is 18.8 Å². The van der Waals surface area contributed by atoms with Crippen molar-refractivity contribution < 1.29 is 4.39 Å². The Balaban J connectivity index is 2.17. The quantitative estimate of drug-likeness (QED) is 0.653. The van der Waals surface area contributed by atoms with Crippen molar-refractivity contribution in [1.29, 1.82) is 0 Å². The SMILES string of the molecule is CCCC#Cc1cc(N2CCCNCC2)cnc1F. The summed E-state index contributed by atoms with van der Waals surface area (Å²) in [6.45, 7) is 5.95. The first-order chi connectivity index (χ1) is 9.31. The minimum Gasteiger partial charge on any atom is -0.369 e. The molecule has 1 fully saturated rings. The predicted molar refractivity (Wildman–Crippen MR) is 75.7 cm³/mol. The van der Waals surface area contributed by atoms with E-state index in [2.05, 4.69) is 34.0 Å². The van der Waals surface area contributed by atoms with Gasteiger partial charge in [-0.15, -0.1) is 0 Å². The maximum Gasteiger partial charge on any atom is 0.228 e. The number of nitrogens with zero attached hydrogens (tertiary/aromatic N) is 2. The molecule has 0 aliphatic carbocycles. The van der Waals surface area contributed by atoms with Crippen LogP contribution in [0.2, 0.25) is 0 Å². The molecule has 0 spiro atoms. The van der Waals surface area contributed by atoms with Crippen LogP contribution in [0.4, 0.5) is 10.1 Å². The van der Waals surface area contributed by atoms with Gasteiger partial charge < -0.3 is 10.2 Å². The third-order valence-corrected chi connectivity index (χ3v) is 3.13. The Morgan fingerprint density at radius 1 is 1.42 bits per heavy atom. The molecule has 1 aliphatic heterocycles. The van der Waals surface area contributed by atoms with Gasteiger partial charge in [0.15, 0.2) is 0 Å². The number of pyridine rings is 1. The molecular formula is C15H20FN3. The Morgan fingerprint density at radius 3 is 3.16 bits per heavy atom. The van der Waals surface area contributed by atoms with Crippen LogP contribution >= 0.6 is 0 Å². The van der Waals surface area contributed by atoms with Crippen molar-refractivity contribution in [2.24, 2.45) is 0 Å². The summed E-state index contributed by atoms with van der Waals surface area (Å²) in [7, 11) is 0. The Kier molecular flexibility index (Phi) is 5.17. The van der Waals surface area contributed by atoms with E-state index in [9.17, 15) is 4.39 Å². The average molecular weight is 261 g/mol. The monoisotopic (exact) mass is 261 g/mol. The van der Waals surface area contributed by atoms with Gasteiger partial charge in [0.1, 0.15) is 0 Å². The van der Waals surface area contributed by atoms with Crippen LogP contribution < -0.4 is 10.2 Å². The second-order valence-corrected chi connectivity index (χ2v) is 4.67. The first-order valence-corrected chi connectivity index (χ1v) is 6.91. The highest BCUT2D eigenvalue weighted by Gasteiger charge is 2.11. The predicted octanol–water partition coefficient (Wildman–Crippen LogP) is 2.17. The van der Waals surface area contributed by atoms with Crippen LogP contribution in [0.15, 0.2) is 12.3 Å². The van der Waals surface area contributed by atoms with E-state index in [1.54, 1.807) is 6.20 Å². The van der Waals surface area contributed by atoms with Gasteiger partial charge in [-0.25, -0.2) is 4.98 Å². The first kappa shape index (κ1) is 13.8. The molecule has 0 saturated carbocycles. The molecule has 1 aromatic heterocycles. The van der Waals surface area contributed by atoms with Crippen molar-refractivity contribution in [1.82, 2.24) is 10.3 Å². The molecule has 1 N–H and O–H groups in total. The molecule has 102 valence electrons. The van der Waals surface area contributed by atoms with E-state index in [-0.39, 0.29) is 0 Å². The molecule has 0 radical (unpaired) electrons. The molecule has 0 amide bonds. The highest BCUT2D eigenvalue weighted by molar-refractivity contribution is 5.50. The fourth-order valence-electron chi connectivity index (χ4n) is 2.08. The zero-order valence-electron chi connectivity index (χ0n) is 11.4. The minimum absolute atomic E-state index is 0.406. The number of aromatic nitrogens is 1. The lowest BCUT2D eigenvalue weighted by molar-refractivity contribution is 0.579. The molecule has 2 heterocycles. The number of nitrogens with one attached hydrogen (secondary N) is 1. The molecule has 2 rings (SSSR count). The van der Waals surface area contributed by atoms with Crippen LogP contribution in [0.5, 0.6) is 0 Å². The van der Waals surface area contributed by atoms with Crippen molar-refractivity contribution >= 4 is 5.69 Å². The lowest BCUT2D eigenvalue weighted by Gasteiger charge is -2.21. The van der Waals surface area contributed by atoms with E-state index in [1.165, 1.54) is 0 Å². The van der Waals surface area contributed by atoms with E-state index in [4.69, 9.17) is 0 Å². The minimum atomic E-state index is -0.472. The maximum absolute atomic E-state index is 13.6. The summed E-state index contributed by atoms with van der Waals surface area (Å²) in [5, 5.41) is 3.35. The molecule has 1 aliphatic rings. The summed E-state index contributed by atoms with van der Waals surface area (Å²) in [6.07, 6.45) is 4.47. The van der Waals surface area contributed by atoms with Crippen molar-refractivity contribution in [2.75, 3.05) is 31.1 Å². The molecule has 3 nitrogen and oxygen atoms in total. The lowest BCUT2D eigenvalue weighted by atomic mass is 10.2. The summed E-state index contributed by atoms with van der Waals surface area (Å²) < 4.78 is 13.6. The molecule has 4 heteroatoms. The Hall–Kier alpha value is -1.60. The summed E-state index contributed by atoms with van der Waals surface area (Å²) in [6, 6.07) is 1.82. The van der Waals surface area contributed by atoms with E-state index in [1.807, 2.05) is 6.07 Å². The van der Waals surface area contributed by atoms with Crippen LogP contribution in [0.1, 0.15) is 31.7 Å². The molecular weight excluding hydrogens is 241 g/mol. The fraction of sp³-hybridized carbons (Fsp3) is 0.533. The van der Waals surface area contributed by atoms with Gasteiger partial charge in [-0.2, -0.15) is 4.39 Å². The van der Waals surface area contributed by atoms with Gasteiger partial charge in [0, 0.05) is 26.1 Å². The normalized spacial score (nSPS) is 15.6. The number of rotatable bonds is 2. The van der Waals surface area contributed by atoms with Crippen molar-refractivity contribution in [3.63, 3.8) is 0 Å². The summed E-state index contributed by atoms with van der Waals surface area (Å²) >= 11 is 0. The van der Waals surface area contributed by atoms with Gasteiger partial charge in [-0.05, 0) is 25.5 Å². The van der Waals surface area contributed by atoms with Crippen molar-refractivity contribution in [2.45, 2.75) is 26.2 Å². The summed E-state index contributed by atoms with van der Waals surface area (Å²) in [5.41, 5.74) is 1.37. The highest BCUT2D eigenvalue weighted by Crippen LogP contribution is 2.17. The standard InChI is InChI=1S/C15H20FN3/c1-2-3-4-6-13-11-14(12-18-15(13)16)19-9-5-7-17-8-10-19/h11-12,17H,2-3,5,7-10H2,1H3. The number of halogens is 1. The number of hydrogen-bond donors (Lipinski definition) is 1. The van der Waals surface area contributed by atoms with Gasteiger partial charge >= 0.3 is 0 Å². The maximum atomic E-state index is 13.6. The largest absolute Gasteiger partial charge is 0.369 e. The van der Waals surface area contributed by atoms with E-state index < -0.39 is 5.95 Å². The first-order valence-electron chi connectivity index (χ1n) is 6.91. The molecule has 0 bridgehead atoms. The van der Waals surface area contributed by atoms with Crippen LogP contribution in [0.3, 0.4) is 0 Å². The fourth-order valence-corrected chi connectivity index (χ4v) is 2.08. The van der Waals surface area contributed by atoms with Crippen LogP contribution in [0, 0.1) is 17.8 Å². The van der Waals surface area contributed by atoms with Gasteiger partial charge in [0.25, 0.3) is 0 Å². The van der Waals surface area contributed by atoms with Crippen LogP contribution in [0.25, 0.3) is 0 Å². The van der Waals surface area contributed by atoms with E-state index >= 15 is 0 Å².